The van der Waals surface area contributed by atoms with Gasteiger partial charge in [0.25, 0.3) is 11.6 Å². The quantitative estimate of drug-likeness (QED) is 0.135. The SMILES string of the molecule is CCCCCCCc1nnc(NC(=O)C(C#N)=Cc2cccn2-c2ccc([N+](=O)[O-])cc2)s1. The molecule has 10 heteroatoms. The number of anilines is 1. The van der Waals surface area contributed by atoms with Crippen molar-refractivity contribution in [2.24, 2.45) is 0 Å². The Balaban J connectivity index is 1.67. The number of aromatic nitrogens is 3. The summed E-state index contributed by atoms with van der Waals surface area (Å²) in [5, 5.41) is 32.4. The number of unbranched alkanes of at least 4 members (excludes halogenated alkanes) is 4. The van der Waals surface area contributed by atoms with Crippen LogP contribution in [0.15, 0.2) is 48.2 Å². The fourth-order valence-electron chi connectivity index (χ4n) is 3.23. The van der Waals surface area contributed by atoms with Gasteiger partial charge < -0.3 is 4.57 Å². The van der Waals surface area contributed by atoms with Gasteiger partial charge in [0.05, 0.1) is 4.92 Å². The zero-order chi connectivity index (χ0) is 23.6. The normalized spacial score (nSPS) is 11.2. The Morgan fingerprint density at radius 3 is 2.67 bits per heavy atom. The van der Waals surface area contributed by atoms with E-state index in [1.54, 1.807) is 35.0 Å². The zero-order valence-electron chi connectivity index (χ0n) is 18.2. The predicted octanol–water partition coefficient (Wildman–Crippen LogP) is 5.30. The van der Waals surface area contributed by atoms with Crippen molar-refractivity contribution >= 4 is 34.1 Å². The third-order valence-electron chi connectivity index (χ3n) is 4.96. The molecule has 33 heavy (non-hydrogen) atoms. The number of nitrogens with zero attached hydrogens (tertiary/aromatic N) is 5. The van der Waals surface area contributed by atoms with Crippen molar-refractivity contribution in [3.63, 3.8) is 0 Å². The number of non-ortho nitro benzene ring substituents is 1. The number of aryl methyl sites for hydroxylation is 1. The molecule has 0 saturated heterocycles. The number of amides is 1. The van der Waals surface area contributed by atoms with Crippen LogP contribution in [0.4, 0.5) is 10.8 Å². The molecule has 1 aromatic carbocycles. The molecular formula is C23H24N6O3S. The van der Waals surface area contributed by atoms with Gasteiger partial charge in [-0.05, 0) is 36.8 Å². The number of nitriles is 1. The summed E-state index contributed by atoms with van der Waals surface area (Å²) in [6.07, 6.45) is 9.84. The van der Waals surface area contributed by atoms with Crippen LogP contribution < -0.4 is 5.32 Å². The number of benzene rings is 1. The summed E-state index contributed by atoms with van der Waals surface area (Å²) in [4.78, 5) is 23.0. The summed E-state index contributed by atoms with van der Waals surface area (Å²) < 4.78 is 1.73. The molecule has 0 aliphatic heterocycles. The molecule has 2 heterocycles. The topological polar surface area (TPSA) is 127 Å². The highest BCUT2D eigenvalue weighted by molar-refractivity contribution is 7.15. The summed E-state index contributed by atoms with van der Waals surface area (Å²) in [6.45, 7) is 2.18. The summed E-state index contributed by atoms with van der Waals surface area (Å²) in [7, 11) is 0. The minimum Gasteiger partial charge on any atom is -0.317 e. The average molecular weight is 465 g/mol. The molecule has 0 aliphatic rings. The summed E-state index contributed by atoms with van der Waals surface area (Å²) in [6, 6.07) is 11.4. The van der Waals surface area contributed by atoms with Gasteiger partial charge in [-0.15, -0.1) is 10.2 Å². The van der Waals surface area contributed by atoms with E-state index in [2.05, 4.69) is 22.4 Å². The molecule has 0 unspecified atom stereocenters. The number of hydrogen-bond acceptors (Lipinski definition) is 7. The van der Waals surface area contributed by atoms with Gasteiger partial charge in [-0.25, -0.2) is 0 Å². The molecule has 3 rings (SSSR count). The molecule has 170 valence electrons. The minimum absolute atomic E-state index is 0.0162. The van der Waals surface area contributed by atoms with E-state index in [-0.39, 0.29) is 11.3 Å². The van der Waals surface area contributed by atoms with E-state index in [1.807, 2.05) is 6.07 Å². The van der Waals surface area contributed by atoms with Crippen LogP contribution in [0.2, 0.25) is 0 Å². The second kappa shape index (κ2) is 11.7. The lowest BCUT2D eigenvalue weighted by molar-refractivity contribution is -0.384. The molecular weight excluding hydrogens is 440 g/mol. The van der Waals surface area contributed by atoms with E-state index in [0.29, 0.717) is 16.5 Å². The molecule has 1 N–H and O–H groups in total. The second-order valence-corrected chi connectivity index (χ2v) is 8.43. The van der Waals surface area contributed by atoms with Gasteiger partial charge in [-0.2, -0.15) is 5.26 Å². The Kier molecular flexibility index (Phi) is 8.43. The number of nitro groups is 1. The first-order valence-electron chi connectivity index (χ1n) is 10.7. The first-order valence-corrected chi connectivity index (χ1v) is 11.5. The monoisotopic (exact) mass is 464 g/mol. The van der Waals surface area contributed by atoms with Crippen molar-refractivity contribution in [3.05, 3.63) is 69.0 Å². The van der Waals surface area contributed by atoms with Crippen molar-refractivity contribution in [2.45, 2.75) is 45.4 Å². The number of nitro benzene ring substituents is 1. The Morgan fingerprint density at radius 2 is 1.97 bits per heavy atom. The van der Waals surface area contributed by atoms with Crippen LogP contribution in [0.1, 0.15) is 49.7 Å². The smallest absolute Gasteiger partial charge is 0.269 e. The maximum Gasteiger partial charge on any atom is 0.269 e. The predicted molar refractivity (Wildman–Crippen MR) is 127 cm³/mol. The molecule has 0 bridgehead atoms. The van der Waals surface area contributed by atoms with E-state index >= 15 is 0 Å². The molecule has 3 aromatic rings. The van der Waals surface area contributed by atoms with Crippen molar-refractivity contribution in [1.29, 1.82) is 5.26 Å². The Bertz CT molecular complexity index is 1170. The highest BCUT2D eigenvalue weighted by Gasteiger charge is 2.14. The molecule has 9 nitrogen and oxygen atoms in total. The Hall–Kier alpha value is -3.84. The Morgan fingerprint density at radius 1 is 1.21 bits per heavy atom. The van der Waals surface area contributed by atoms with Gasteiger partial charge in [0, 0.05) is 36.1 Å². The lowest BCUT2D eigenvalue weighted by Crippen LogP contribution is -2.13. The van der Waals surface area contributed by atoms with Crippen molar-refractivity contribution < 1.29 is 9.72 Å². The third-order valence-corrected chi connectivity index (χ3v) is 5.86. The number of carbonyl (C=O) groups is 1. The highest BCUT2D eigenvalue weighted by atomic mass is 32.1. The van der Waals surface area contributed by atoms with Crippen LogP contribution in [-0.4, -0.2) is 25.6 Å². The first kappa shape index (κ1) is 23.8. The van der Waals surface area contributed by atoms with Gasteiger partial charge in [0.15, 0.2) is 0 Å². The van der Waals surface area contributed by atoms with Gasteiger partial charge >= 0.3 is 0 Å². The lowest BCUT2D eigenvalue weighted by atomic mass is 10.1. The fraction of sp³-hybridized carbons (Fsp3) is 0.304. The van der Waals surface area contributed by atoms with Crippen LogP contribution in [0.5, 0.6) is 0 Å². The molecule has 1 amide bonds. The summed E-state index contributed by atoms with van der Waals surface area (Å²) in [5.41, 5.74) is 1.15. The van der Waals surface area contributed by atoms with Gasteiger partial charge in [0.1, 0.15) is 16.6 Å². The van der Waals surface area contributed by atoms with Gasteiger partial charge in [0.2, 0.25) is 5.13 Å². The van der Waals surface area contributed by atoms with Crippen LogP contribution >= 0.6 is 11.3 Å². The molecule has 0 radical (unpaired) electrons. The molecule has 0 atom stereocenters. The van der Waals surface area contributed by atoms with Crippen molar-refractivity contribution in [1.82, 2.24) is 14.8 Å². The molecule has 0 saturated carbocycles. The second-order valence-electron chi connectivity index (χ2n) is 7.37. The van der Waals surface area contributed by atoms with E-state index in [1.165, 1.54) is 48.8 Å². The summed E-state index contributed by atoms with van der Waals surface area (Å²) >= 11 is 1.31. The van der Waals surface area contributed by atoms with Gasteiger partial charge in [-0.1, -0.05) is 43.9 Å². The van der Waals surface area contributed by atoms with E-state index in [0.717, 1.165) is 24.3 Å². The summed E-state index contributed by atoms with van der Waals surface area (Å²) in [5.74, 6) is -0.570. The van der Waals surface area contributed by atoms with Gasteiger partial charge in [-0.3, -0.25) is 20.2 Å². The number of carbonyl (C=O) groups excluding carboxylic acids is 1. The standard InChI is InChI=1S/C23H24N6O3S/c1-2-3-4-5-6-9-21-26-27-23(33-21)25-22(30)17(16-24)15-20-8-7-14-28(20)18-10-12-19(13-11-18)29(31)32/h7-8,10-15H,2-6,9H2,1H3,(H,25,27,30). The molecule has 2 aromatic heterocycles. The largest absolute Gasteiger partial charge is 0.317 e. The minimum atomic E-state index is -0.570. The van der Waals surface area contributed by atoms with E-state index in [9.17, 15) is 20.2 Å². The van der Waals surface area contributed by atoms with Crippen molar-refractivity contribution in [2.75, 3.05) is 5.32 Å². The van der Waals surface area contributed by atoms with Crippen molar-refractivity contribution in [3.8, 4) is 11.8 Å². The van der Waals surface area contributed by atoms with Crippen LogP contribution in [0.3, 0.4) is 0 Å². The lowest BCUT2D eigenvalue weighted by Gasteiger charge is -2.07. The number of hydrogen-bond donors (Lipinski definition) is 1. The number of nitrogens with one attached hydrogen (secondary N) is 1. The zero-order valence-corrected chi connectivity index (χ0v) is 19.0. The maximum atomic E-state index is 12.6. The first-order chi connectivity index (χ1) is 16.0. The average Bonchev–Trinajstić information content (AvgIpc) is 3.46. The maximum absolute atomic E-state index is 12.6. The third kappa shape index (κ3) is 6.57. The highest BCUT2D eigenvalue weighted by Crippen LogP contribution is 2.21. The van der Waals surface area contributed by atoms with Crippen LogP contribution in [0, 0.1) is 21.4 Å². The molecule has 0 spiro atoms. The number of rotatable bonds is 11. The molecule has 0 aliphatic carbocycles. The van der Waals surface area contributed by atoms with Crippen LogP contribution in [-0.2, 0) is 11.2 Å². The van der Waals surface area contributed by atoms with E-state index < -0.39 is 10.8 Å². The molecule has 0 fully saturated rings. The Labute approximate surface area is 195 Å². The van der Waals surface area contributed by atoms with Crippen LogP contribution in [0.25, 0.3) is 11.8 Å². The van der Waals surface area contributed by atoms with E-state index in [4.69, 9.17) is 0 Å². The fourth-order valence-corrected chi connectivity index (χ4v) is 4.00.